The van der Waals surface area contributed by atoms with Gasteiger partial charge in [-0.1, -0.05) is 72.8 Å². The molecule has 3 atom stereocenters. The van der Waals surface area contributed by atoms with E-state index in [1.54, 1.807) is 18.2 Å². The van der Waals surface area contributed by atoms with Gasteiger partial charge in [0.25, 0.3) is 0 Å². The standard InChI is InChI=1S/C29H30N4O2/c1-19-17-22(14-15-23(19)18-30)27(28(34)24-13-8-16-32-24)33-29(35)26(31)25(20-9-4-2-5-10-20)21-11-6-3-7-12-21/h2-7,9-12,14-15,17,24-27,32H,8,13,16,31H2,1H3,(H,33,35)/t24-,26+,27?/m0/s1. The van der Waals surface area contributed by atoms with Crippen molar-refractivity contribution in [2.45, 2.75) is 43.8 Å². The molecule has 1 saturated heterocycles. The lowest BCUT2D eigenvalue weighted by Crippen LogP contribution is -2.49. The number of hydrogen-bond acceptors (Lipinski definition) is 5. The van der Waals surface area contributed by atoms with Crippen molar-refractivity contribution in [1.29, 1.82) is 5.26 Å². The highest BCUT2D eigenvalue weighted by Crippen LogP contribution is 2.28. The van der Waals surface area contributed by atoms with Crippen molar-refractivity contribution in [2.75, 3.05) is 6.54 Å². The zero-order valence-electron chi connectivity index (χ0n) is 19.8. The topological polar surface area (TPSA) is 108 Å². The molecule has 35 heavy (non-hydrogen) atoms. The van der Waals surface area contributed by atoms with Crippen LogP contribution in [0.4, 0.5) is 0 Å². The molecule has 1 fully saturated rings. The number of rotatable bonds is 8. The number of nitrogens with one attached hydrogen (secondary N) is 2. The molecular formula is C29H30N4O2. The molecule has 1 heterocycles. The molecule has 1 aliphatic heterocycles. The van der Waals surface area contributed by atoms with E-state index in [2.05, 4.69) is 16.7 Å². The Morgan fingerprint density at radius 2 is 1.63 bits per heavy atom. The minimum atomic E-state index is -0.911. The van der Waals surface area contributed by atoms with Gasteiger partial charge in [0.2, 0.25) is 5.91 Å². The molecule has 1 unspecified atom stereocenters. The third kappa shape index (κ3) is 5.48. The van der Waals surface area contributed by atoms with E-state index >= 15 is 0 Å². The Bertz CT molecular complexity index is 1170. The third-order valence-electron chi connectivity index (χ3n) is 6.66. The van der Waals surface area contributed by atoms with Gasteiger partial charge in [-0.05, 0) is 54.6 Å². The molecule has 0 radical (unpaired) electrons. The van der Waals surface area contributed by atoms with E-state index in [0.29, 0.717) is 11.1 Å². The summed E-state index contributed by atoms with van der Waals surface area (Å²) in [6, 6.07) is 24.7. The predicted molar refractivity (Wildman–Crippen MR) is 136 cm³/mol. The Labute approximate surface area is 206 Å². The van der Waals surface area contributed by atoms with Crippen LogP contribution in [0.3, 0.4) is 0 Å². The second kappa shape index (κ2) is 11.1. The highest BCUT2D eigenvalue weighted by molar-refractivity contribution is 5.95. The minimum absolute atomic E-state index is 0.0943. The van der Waals surface area contributed by atoms with Crippen molar-refractivity contribution < 1.29 is 9.59 Å². The average molecular weight is 467 g/mol. The summed E-state index contributed by atoms with van der Waals surface area (Å²) < 4.78 is 0. The lowest BCUT2D eigenvalue weighted by atomic mass is 9.84. The minimum Gasteiger partial charge on any atom is -0.341 e. The fraction of sp³-hybridized carbons (Fsp3) is 0.276. The number of carbonyl (C=O) groups is 2. The van der Waals surface area contributed by atoms with Crippen LogP contribution in [-0.2, 0) is 9.59 Å². The van der Waals surface area contributed by atoms with Crippen LogP contribution in [-0.4, -0.2) is 30.3 Å². The summed E-state index contributed by atoms with van der Waals surface area (Å²) in [4.78, 5) is 27.1. The van der Waals surface area contributed by atoms with Crippen molar-refractivity contribution >= 4 is 11.7 Å². The van der Waals surface area contributed by atoms with E-state index in [9.17, 15) is 14.9 Å². The van der Waals surface area contributed by atoms with Gasteiger partial charge in [-0.2, -0.15) is 5.26 Å². The van der Waals surface area contributed by atoms with Gasteiger partial charge in [0.1, 0.15) is 6.04 Å². The summed E-state index contributed by atoms with van der Waals surface area (Å²) in [6.45, 7) is 2.60. The molecule has 0 saturated carbocycles. The summed E-state index contributed by atoms with van der Waals surface area (Å²) >= 11 is 0. The van der Waals surface area contributed by atoms with Crippen molar-refractivity contribution in [3.8, 4) is 6.07 Å². The molecular weight excluding hydrogens is 436 g/mol. The zero-order chi connectivity index (χ0) is 24.8. The Kier molecular flexibility index (Phi) is 7.71. The molecule has 0 aromatic heterocycles. The Morgan fingerprint density at radius 3 is 2.14 bits per heavy atom. The van der Waals surface area contributed by atoms with Gasteiger partial charge >= 0.3 is 0 Å². The summed E-state index contributed by atoms with van der Waals surface area (Å²) in [7, 11) is 0. The van der Waals surface area contributed by atoms with Crippen molar-refractivity contribution in [3.63, 3.8) is 0 Å². The van der Waals surface area contributed by atoms with Crippen LogP contribution in [0.2, 0.25) is 0 Å². The van der Waals surface area contributed by atoms with Crippen LogP contribution >= 0.6 is 0 Å². The molecule has 3 aromatic rings. The first-order chi connectivity index (χ1) is 17.0. The van der Waals surface area contributed by atoms with Gasteiger partial charge in [-0.3, -0.25) is 9.59 Å². The van der Waals surface area contributed by atoms with Crippen molar-refractivity contribution in [3.05, 3.63) is 107 Å². The maximum absolute atomic E-state index is 13.6. The van der Waals surface area contributed by atoms with Crippen molar-refractivity contribution in [2.24, 2.45) is 5.73 Å². The van der Waals surface area contributed by atoms with Crippen LogP contribution in [0, 0.1) is 18.3 Å². The average Bonchev–Trinajstić information content (AvgIpc) is 3.43. The second-order valence-electron chi connectivity index (χ2n) is 9.00. The number of nitrogens with two attached hydrogens (primary N) is 1. The summed E-state index contributed by atoms with van der Waals surface area (Å²) in [6.07, 6.45) is 1.64. The van der Waals surface area contributed by atoms with Gasteiger partial charge < -0.3 is 16.4 Å². The fourth-order valence-electron chi connectivity index (χ4n) is 4.76. The van der Waals surface area contributed by atoms with E-state index < -0.39 is 18.0 Å². The maximum atomic E-state index is 13.6. The van der Waals surface area contributed by atoms with Crippen LogP contribution < -0.4 is 16.4 Å². The summed E-state index contributed by atoms with van der Waals surface area (Å²) in [5.41, 5.74) is 10.4. The lowest BCUT2D eigenvalue weighted by Gasteiger charge is -2.28. The molecule has 1 amide bonds. The molecule has 0 bridgehead atoms. The Morgan fingerprint density at radius 1 is 1.00 bits per heavy atom. The number of nitriles is 1. The smallest absolute Gasteiger partial charge is 0.238 e. The molecule has 0 aliphatic carbocycles. The van der Waals surface area contributed by atoms with E-state index in [0.717, 1.165) is 36.1 Å². The van der Waals surface area contributed by atoms with Crippen molar-refractivity contribution in [1.82, 2.24) is 10.6 Å². The van der Waals surface area contributed by atoms with E-state index in [1.165, 1.54) is 0 Å². The van der Waals surface area contributed by atoms with Crippen LogP contribution in [0.25, 0.3) is 0 Å². The maximum Gasteiger partial charge on any atom is 0.238 e. The van der Waals surface area contributed by atoms with Gasteiger partial charge in [0.05, 0.1) is 23.7 Å². The SMILES string of the molecule is Cc1cc(C(NC(=O)[C@H](N)C(c2ccccc2)c2ccccc2)C(=O)[C@@H]2CCCN2)ccc1C#N. The number of benzene rings is 3. The number of aryl methyl sites for hydroxylation is 1. The number of Topliss-reactive ketones (excluding diaryl/α,β-unsaturated/α-hetero) is 1. The first kappa shape index (κ1) is 24.3. The molecule has 178 valence electrons. The lowest BCUT2D eigenvalue weighted by molar-refractivity contribution is -0.129. The molecule has 4 N–H and O–H groups in total. The number of hydrogen-bond donors (Lipinski definition) is 3. The first-order valence-electron chi connectivity index (χ1n) is 11.9. The van der Waals surface area contributed by atoms with E-state index in [-0.39, 0.29) is 17.7 Å². The summed E-state index contributed by atoms with van der Waals surface area (Å²) in [5, 5.41) is 15.5. The normalized spacial score (nSPS) is 16.9. The van der Waals surface area contributed by atoms with Crippen LogP contribution in [0.15, 0.2) is 78.9 Å². The van der Waals surface area contributed by atoms with Gasteiger partial charge in [0, 0.05) is 5.92 Å². The van der Waals surface area contributed by atoms with Gasteiger partial charge in [-0.25, -0.2) is 0 Å². The molecule has 1 aliphatic rings. The Balaban J connectivity index is 1.66. The first-order valence-corrected chi connectivity index (χ1v) is 11.9. The van der Waals surface area contributed by atoms with E-state index in [4.69, 9.17) is 5.73 Å². The summed E-state index contributed by atoms with van der Waals surface area (Å²) in [5.74, 6) is -0.871. The van der Waals surface area contributed by atoms with E-state index in [1.807, 2.05) is 67.6 Å². The zero-order valence-corrected chi connectivity index (χ0v) is 19.8. The monoisotopic (exact) mass is 466 g/mol. The largest absolute Gasteiger partial charge is 0.341 e. The third-order valence-corrected chi connectivity index (χ3v) is 6.66. The molecule has 3 aromatic carbocycles. The number of nitrogens with zero attached hydrogens (tertiary/aromatic N) is 1. The van der Waals surface area contributed by atoms with Crippen LogP contribution in [0.5, 0.6) is 0 Å². The van der Waals surface area contributed by atoms with Crippen LogP contribution in [0.1, 0.15) is 52.6 Å². The highest BCUT2D eigenvalue weighted by Gasteiger charge is 2.35. The van der Waals surface area contributed by atoms with Gasteiger partial charge in [0.15, 0.2) is 5.78 Å². The highest BCUT2D eigenvalue weighted by atomic mass is 16.2. The number of ketones is 1. The molecule has 6 heteroatoms. The Hall–Kier alpha value is -3.79. The molecule has 0 spiro atoms. The number of carbonyl (C=O) groups excluding carboxylic acids is 2. The van der Waals surface area contributed by atoms with Gasteiger partial charge in [-0.15, -0.1) is 0 Å². The number of amides is 1. The molecule has 6 nitrogen and oxygen atoms in total. The fourth-order valence-corrected chi connectivity index (χ4v) is 4.76. The quantitative estimate of drug-likeness (QED) is 0.471. The predicted octanol–water partition coefficient (Wildman–Crippen LogP) is 3.50. The molecule has 4 rings (SSSR count). The second-order valence-corrected chi connectivity index (χ2v) is 9.00.